The summed E-state index contributed by atoms with van der Waals surface area (Å²) in [6.07, 6.45) is -2.42. The van der Waals surface area contributed by atoms with E-state index in [0.29, 0.717) is 19.3 Å². The molecule has 1 aromatic heterocycles. The lowest BCUT2D eigenvalue weighted by atomic mass is 9.79. The zero-order valence-electron chi connectivity index (χ0n) is 10.9. The lowest BCUT2D eigenvalue weighted by molar-refractivity contribution is -0.141. The summed E-state index contributed by atoms with van der Waals surface area (Å²) in [7, 11) is 1.54. The molecule has 1 saturated carbocycles. The van der Waals surface area contributed by atoms with Gasteiger partial charge < -0.3 is 9.84 Å². The van der Waals surface area contributed by atoms with Crippen molar-refractivity contribution in [3.8, 4) is 0 Å². The predicted molar refractivity (Wildman–Crippen MR) is 67.4 cm³/mol. The molecule has 1 heterocycles. The van der Waals surface area contributed by atoms with Gasteiger partial charge in [0.25, 0.3) is 0 Å². The van der Waals surface area contributed by atoms with Gasteiger partial charge in [-0.2, -0.15) is 13.2 Å². The normalized spacial score (nSPS) is 27.6. The summed E-state index contributed by atoms with van der Waals surface area (Å²) in [5.74, 6) is 0. The van der Waals surface area contributed by atoms with Gasteiger partial charge in [-0.05, 0) is 25.3 Å². The van der Waals surface area contributed by atoms with Crippen LogP contribution in [0.4, 0.5) is 13.2 Å². The number of hydrogen-bond acceptors (Lipinski definition) is 3. The van der Waals surface area contributed by atoms with Crippen LogP contribution < -0.4 is 0 Å². The van der Waals surface area contributed by atoms with Crippen molar-refractivity contribution < 1.29 is 23.0 Å². The molecule has 2 atom stereocenters. The van der Waals surface area contributed by atoms with Crippen molar-refractivity contribution in [1.29, 1.82) is 0 Å². The Balaban J connectivity index is 2.33. The van der Waals surface area contributed by atoms with Gasteiger partial charge in [-0.3, -0.25) is 0 Å². The first-order chi connectivity index (χ1) is 9.26. The molecule has 7 heteroatoms. The second-order valence-corrected chi connectivity index (χ2v) is 5.38. The highest BCUT2D eigenvalue weighted by Gasteiger charge is 2.39. The first kappa shape index (κ1) is 15.5. The van der Waals surface area contributed by atoms with Crippen LogP contribution in [0.5, 0.6) is 0 Å². The molecular formula is C13H15ClF3NO2. The lowest BCUT2D eigenvalue weighted by Crippen LogP contribution is -2.36. The van der Waals surface area contributed by atoms with Gasteiger partial charge >= 0.3 is 6.18 Å². The fraction of sp³-hybridized carbons (Fsp3) is 0.615. The van der Waals surface area contributed by atoms with E-state index < -0.39 is 17.5 Å². The van der Waals surface area contributed by atoms with Crippen molar-refractivity contribution in [2.24, 2.45) is 0 Å². The van der Waals surface area contributed by atoms with Crippen LogP contribution in [0.2, 0.25) is 5.15 Å². The van der Waals surface area contributed by atoms with E-state index in [0.717, 1.165) is 12.5 Å². The fourth-order valence-corrected chi connectivity index (χ4v) is 2.92. The maximum Gasteiger partial charge on any atom is 0.433 e. The highest BCUT2D eigenvalue weighted by molar-refractivity contribution is 6.30. The molecule has 20 heavy (non-hydrogen) atoms. The summed E-state index contributed by atoms with van der Waals surface area (Å²) < 4.78 is 42.9. The molecule has 0 spiro atoms. The first-order valence-corrected chi connectivity index (χ1v) is 6.63. The van der Waals surface area contributed by atoms with Crippen LogP contribution in [0.3, 0.4) is 0 Å². The number of alkyl halides is 3. The Morgan fingerprint density at radius 2 is 2.15 bits per heavy atom. The summed E-state index contributed by atoms with van der Waals surface area (Å²) in [4.78, 5) is 3.36. The maximum absolute atomic E-state index is 12.6. The number of aliphatic hydroxyl groups is 1. The van der Waals surface area contributed by atoms with Crippen molar-refractivity contribution in [3.05, 3.63) is 28.5 Å². The Kier molecular flexibility index (Phi) is 4.27. The third-order valence-corrected chi connectivity index (χ3v) is 3.94. The second-order valence-electron chi connectivity index (χ2n) is 5.02. The number of hydrogen-bond donors (Lipinski definition) is 1. The molecule has 112 valence electrons. The number of ether oxygens (including phenoxy) is 1. The number of rotatable bonds is 2. The standard InChI is InChI=1S/C13H15ClF3NO2/c1-20-8-3-2-6-12(19,7-8)9-4-5-10(13(15,16)17)18-11(9)14/h4-5,8,19H,2-3,6-7H2,1H3. The summed E-state index contributed by atoms with van der Waals surface area (Å²) in [6, 6.07) is 2.05. The molecule has 0 bridgehead atoms. The van der Waals surface area contributed by atoms with Crippen LogP contribution in [-0.2, 0) is 16.5 Å². The molecule has 2 unspecified atom stereocenters. The molecule has 3 nitrogen and oxygen atoms in total. The van der Waals surface area contributed by atoms with E-state index in [-0.39, 0.29) is 16.8 Å². The van der Waals surface area contributed by atoms with Gasteiger partial charge in [-0.15, -0.1) is 0 Å². The minimum absolute atomic E-state index is 0.132. The molecule has 1 N–H and O–H groups in total. The van der Waals surface area contributed by atoms with E-state index in [4.69, 9.17) is 16.3 Å². The van der Waals surface area contributed by atoms with Gasteiger partial charge in [0.2, 0.25) is 0 Å². The van der Waals surface area contributed by atoms with Crippen LogP contribution in [0, 0.1) is 0 Å². The molecule has 0 aromatic carbocycles. The fourth-order valence-electron chi connectivity index (χ4n) is 2.59. The average Bonchev–Trinajstić information content (AvgIpc) is 2.37. The topological polar surface area (TPSA) is 42.4 Å². The Labute approximate surface area is 119 Å². The summed E-state index contributed by atoms with van der Waals surface area (Å²) in [5.41, 5.74) is -2.12. The summed E-state index contributed by atoms with van der Waals surface area (Å²) in [5, 5.41) is 10.3. The summed E-state index contributed by atoms with van der Waals surface area (Å²) in [6.45, 7) is 0. The number of aromatic nitrogens is 1. The molecular weight excluding hydrogens is 295 g/mol. The van der Waals surface area contributed by atoms with Crippen LogP contribution in [0.15, 0.2) is 12.1 Å². The van der Waals surface area contributed by atoms with Crippen molar-refractivity contribution in [1.82, 2.24) is 4.98 Å². The van der Waals surface area contributed by atoms with Crippen molar-refractivity contribution >= 4 is 11.6 Å². The van der Waals surface area contributed by atoms with Crippen LogP contribution >= 0.6 is 11.6 Å². The highest BCUT2D eigenvalue weighted by atomic mass is 35.5. The van der Waals surface area contributed by atoms with E-state index in [1.165, 1.54) is 6.07 Å². The maximum atomic E-state index is 12.6. The molecule has 1 aromatic rings. The van der Waals surface area contributed by atoms with Gasteiger partial charge in [-0.25, -0.2) is 4.98 Å². The van der Waals surface area contributed by atoms with E-state index >= 15 is 0 Å². The summed E-state index contributed by atoms with van der Waals surface area (Å²) >= 11 is 5.84. The van der Waals surface area contributed by atoms with E-state index in [9.17, 15) is 18.3 Å². The second kappa shape index (κ2) is 5.50. The van der Waals surface area contributed by atoms with Gasteiger partial charge in [0.15, 0.2) is 0 Å². The van der Waals surface area contributed by atoms with Crippen LogP contribution in [0.1, 0.15) is 36.9 Å². The molecule has 0 radical (unpaired) electrons. The van der Waals surface area contributed by atoms with Gasteiger partial charge in [0.05, 0.1) is 11.7 Å². The van der Waals surface area contributed by atoms with Gasteiger partial charge in [-0.1, -0.05) is 17.7 Å². The Hall–Kier alpha value is -0.850. The van der Waals surface area contributed by atoms with Crippen molar-refractivity contribution in [3.63, 3.8) is 0 Å². The Morgan fingerprint density at radius 1 is 1.45 bits per heavy atom. The molecule has 1 aliphatic rings. The largest absolute Gasteiger partial charge is 0.433 e. The van der Waals surface area contributed by atoms with Crippen LogP contribution in [-0.4, -0.2) is 23.3 Å². The minimum atomic E-state index is -4.55. The number of methoxy groups -OCH3 is 1. The minimum Gasteiger partial charge on any atom is -0.385 e. The molecule has 1 fully saturated rings. The number of pyridine rings is 1. The molecule has 0 amide bonds. The average molecular weight is 310 g/mol. The monoisotopic (exact) mass is 309 g/mol. The van der Waals surface area contributed by atoms with Crippen molar-refractivity contribution in [2.75, 3.05) is 7.11 Å². The molecule has 2 rings (SSSR count). The van der Waals surface area contributed by atoms with Gasteiger partial charge in [0, 0.05) is 19.1 Å². The zero-order chi connectivity index (χ0) is 15.0. The number of halogens is 4. The van der Waals surface area contributed by atoms with Gasteiger partial charge in [0.1, 0.15) is 10.8 Å². The lowest BCUT2D eigenvalue weighted by Gasteiger charge is -2.36. The van der Waals surface area contributed by atoms with E-state index in [2.05, 4.69) is 4.98 Å². The first-order valence-electron chi connectivity index (χ1n) is 6.25. The molecule has 0 aliphatic heterocycles. The molecule has 1 aliphatic carbocycles. The molecule has 0 saturated heterocycles. The zero-order valence-corrected chi connectivity index (χ0v) is 11.6. The quantitative estimate of drug-likeness (QED) is 0.850. The highest BCUT2D eigenvalue weighted by Crippen LogP contribution is 2.41. The third-order valence-electron chi connectivity index (χ3n) is 3.66. The SMILES string of the molecule is COC1CCCC(O)(c2ccc(C(F)(F)F)nc2Cl)C1. The van der Waals surface area contributed by atoms with E-state index in [1.807, 2.05) is 0 Å². The predicted octanol–water partition coefficient (Wildman–Crippen LogP) is 3.53. The van der Waals surface area contributed by atoms with Crippen molar-refractivity contribution in [2.45, 2.75) is 43.6 Å². The third kappa shape index (κ3) is 3.07. The Morgan fingerprint density at radius 3 is 2.70 bits per heavy atom. The smallest absolute Gasteiger partial charge is 0.385 e. The Bertz CT molecular complexity index is 495. The number of nitrogens with zero attached hydrogens (tertiary/aromatic N) is 1. The van der Waals surface area contributed by atoms with E-state index in [1.54, 1.807) is 7.11 Å². The van der Waals surface area contributed by atoms with Crippen LogP contribution in [0.25, 0.3) is 0 Å².